The van der Waals surface area contributed by atoms with Crippen molar-refractivity contribution >= 4 is 11.6 Å². The summed E-state index contributed by atoms with van der Waals surface area (Å²) >= 11 is 6.21. The maximum atomic E-state index is 10.5. The van der Waals surface area contributed by atoms with Crippen molar-refractivity contribution in [2.75, 3.05) is 14.2 Å². The highest BCUT2D eigenvalue weighted by Gasteiger charge is 2.23. The Morgan fingerprint density at radius 3 is 2.35 bits per heavy atom. The molecule has 108 valence electrons. The molecular weight excluding hydrogens is 280 g/mol. The normalized spacial score (nSPS) is 12.3. The van der Waals surface area contributed by atoms with E-state index in [4.69, 9.17) is 25.5 Å². The minimum absolute atomic E-state index is 0.337. The van der Waals surface area contributed by atoms with Crippen LogP contribution >= 0.6 is 11.6 Å². The molecule has 0 fully saturated rings. The highest BCUT2D eigenvalue weighted by atomic mass is 35.5. The zero-order valence-electron chi connectivity index (χ0n) is 11.9. The second kappa shape index (κ2) is 5.77. The molecule has 1 atom stereocenters. The van der Waals surface area contributed by atoms with E-state index in [1.54, 1.807) is 18.2 Å². The third-order valence-electron chi connectivity index (χ3n) is 3.18. The van der Waals surface area contributed by atoms with E-state index >= 15 is 0 Å². The first kappa shape index (κ1) is 14.8. The quantitative estimate of drug-likeness (QED) is 0.935. The van der Waals surface area contributed by atoms with Gasteiger partial charge in [0.15, 0.2) is 0 Å². The number of aliphatic hydroxyl groups is 1. The van der Waals surface area contributed by atoms with Crippen molar-refractivity contribution in [2.45, 2.75) is 20.0 Å². The van der Waals surface area contributed by atoms with Crippen LogP contribution < -0.4 is 9.47 Å². The average Bonchev–Trinajstić information content (AvgIpc) is 2.76. The van der Waals surface area contributed by atoms with Crippen LogP contribution in [0, 0.1) is 13.8 Å². The molecule has 0 bridgehead atoms. The predicted octanol–water partition coefficient (Wildman–Crippen LogP) is 3.65. The van der Waals surface area contributed by atoms with E-state index in [2.05, 4.69) is 0 Å². The standard InChI is InChI=1S/C15H17ClO4/c1-8-7-11(9(2)20-8)14(17)10-5-6-12(18-3)13(16)15(10)19-4/h5-7,14,17H,1-4H3. The van der Waals surface area contributed by atoms with Crippen LogP contribution in [0.1, 0.15) is 28.8 Å². The zero-order chi connectivity index (χ0) is 14.9. The van der Waals surface area contributed by atoms with Crippen molar-refractivity contribution in [2.24, 2.45) is 0 Å². The van der Waals surface area contributed by atoms with Gasteiger partial charge < -0.3 is 19.0 Å². The van der Waals surface area contributed by atoms with Gasteiger partial charge in [0.1, 0.15) is 34.1 Å². The number of furan rings is 1. The Labute approximate surface area is 122 Å². The molecule has 1 N–H and O–H groups in total. The predicted molar refractivity (Wildman–Crippen MR) is 76.8 cm³/mol. The summed E-state index contributed by atoms with van der Waals surface area (Å²) in [7, 11) is 3.03. The number of methoxy groups -OCH3 is 2. The number of hydrogen-bond donors (Lipinski definition) is 1. The lowest BCUT2D eigenvalue weighted by atomic mass is 10.0. The largest absolute Gasteiger partial charge is 0.495 e. The zero-order valence-corrected chi connectivity index (χ0v) is 12.6. The number of aryl methyl sites for hydroxylation is 2. The molecule has 0 aliphatic carbocycles. The number of aliphatic hydroxyl groups excluding tert-OH is 1. The molecule has 0 aliphatic heterocycles. The van der Waals surface area contributed by atoms with Crippen LogP contribution in [0.4, 0.5) is 0 Å². The second-order valence-corrected chi connectivity index (χ2v) is 4.85. The lowest BCUT2D eigenvalue weighted by Gasteiger charge is -2.17. The van der Waals surface area contributed by atoms with Gasteiger partial charge >= 0.3 is 0 Å². The van der Waals surface area contributed by atoms with E-state index in [0.29, 0.717) is 33.4 Å². The molecule has 5 heteroatoms. The van der Waals surface area contributed by atoms with Crippen molar-refractivity contribution in [3.05, 3.63) is 45.9 Å². The van der Waals surface area contributed by atoms with Crippen LogP contribution in [0.2, 0.25) is 5.02 Å². The molecule has 0 radical (unpaired) electrons. The maximum absolute atomic E-state index is 10.5. The van der Waals surface area contributed by atoms with Gasteiger partial charge in [0.2, 0.25) is 0 Å². The van der Waals surface area contributed by atoms with Crippen molar-refractivity contribution in [1.29, 1.82) is 0 Å². The van der Waals surface area contributed by atoms with Crippen LogP contribution in [0.5, 0.6) is 11.5 Å². The lowest BCUT2D eigenvalue weighted by Crippen LogP contribution is -2.04. The fourth-order valence-electron chi connectivity index (χ4n) is 2.22. The molecule has 1 unspecified atom stereocenters. The maximum Gasteiger partial charge on any atom is 0.147 e. The molecule has 0 saturated heterocycles. The Bertz CT molecular complexity index is 619. The first-order chi connectivity index (χ1) is 9.49. The molecule has 1 aromatic heterocycles. The lowest BCUT2D eigenvalue weighted by molar-refractivity contribution is 0.212. The third-order valence-corrected chi connectivity index (χ3v) is 3.54. The van der Waals surface area contributed by atoms with Crippen LogP contribution in [0.25, 0.3) is 0 Å². The number of halogens is 1. The van der Waals surface area contributed by atoms with Gasteiger partial charge in [-0.2, -0.15) is 0 Å². The summed E-state index contributed by atoms with van der Waals surface area (Å²) in [5.41, 5.74) is 1.27. The van der Waals surface area contributed by atoms with Gasteiger partial charge in [-0.15, -0.1) is 0 Å². The molecule has 4 nitrogen and oxygen atoms in total. The van der Waals surface area contributed by atoms with Gasteiger partial charge in [-0.3, -0.25) is 0 Å². The van der Waals surface area contributed by atoms with Gasteiger partial charge in [0.05, 0.1) is 14.2 Å². The smallest absolute Gasteiger partial charge is 0.147 e. The van der Waals surface area contributed by atoms with Gasteiger partial charge in [-0.05, 0) is 32.0 Å². The molecule has 1 aromatic carbocycles. The summed E-state index contributed by atoms with van der Waals surface area (Å²) in [5, 5.41) is 10.9. The van der Waals surface area contributed by atoms with E-state index in [9.17, 15) is 5.11 Å². The second-order valence-electron chi connectivity index (χ2n) is 4.48. The summed E-state index contributed by atoms with van der Waals surface area (Å²) in [6.45, 7) is 3.64. The van der Waals surface area contributed by atoms with E-state index in [0.717, 1.165) is 5.76 Å². The van der Waals surface area contributed by atoms with Crippen molar-refractivity contribution in [3.63, 3.8) is 0 Å². The number of rotatable bonds is 4. The van der Waals surface area contributed by atoms with Gasteiger partial charge in [0, 0.05) is 11.1 Å². The van der Waals surface area contributed by atoms with E-state index in [1.165, 1.54) is 14.2 Å². The van der Waals surface area contributed by atoms with Crippen LogP contribution in [0.3, 0.4) is 0 Å². The molecule has 0 saturated carbocycles. The van der Waals surface area contributed by atoms with Gasteiger partial charge in [-0.1, -0.05) is 11.6 Å². The Kier molecular flexibility index (Phi) is 4.26. The molecule has 2 rings (SSSR count). The fraction of sp³-hybridized carbons (Fsp3) is 0.333. The van der Waals surface area contributed by atoms with Crippen molar-refractivity contribution in [3.8, 4) is 11.5 Å². The topological polar surface area (TPSA) is 51.8 Å². The minimum Gasteiger partial charge on any atom is -0.495 e. The summed E-state index contributed by atoms with van der Waals surface area (Å²) in [5.74, 6) is 2.32. The average molecular weight is 297 g/mol. The highest BCUT2D eigenvalue weighted by molar-refractivity contribution is 6.33. The van der Waals surface area contributed by atoms with E-state index < -0.39 is 6.10 Å². The summed E-state index contributed by atoms with van der Waals surface area (Å²) in [6, 6.07) is 5.24. The Hall–Kier alpha value is -1.65. The first-order valence-electron chi connectivity index (χ1n) is 6.15. The summed E-state index contributed by atoms with van der Waals surface area (Å²) in [4.78, 5) is 0. The number of benzene rings is 1. The summed E-state index contributed by atoms with van der Waals surface area (Å²) < 4.78 is 15.9. The Balaban J connectivity index is 2.52. The minimum atomic E-state index is -0.870. The van der Waals surface area contributed by atoms with Crippen molar-refractivity contribution in [1.82, 2.24) is 0 Å². The molecular formula is C15H17ClO4. The fourth-order valence-corrected chi connectivity index (χ4v) is 2.55. The third kappa shape index (κ3) is 2.49. The molecule has 1 heterocycles. The Morgan fingerprint density at radius 1 is 1.15 bits per heavy atom. The van der Waals surface area contributed by atoms with Crippen LogP contribution in [-0.2, 0) is 0 Å². The van der Waals surface area contributed by atoms with Crippen LogP contribution in [-0.4, -0.2) is 19.3 Å². The van der Waals surface area contributed by atoms with Crippen molar-refractivity contribution < 1.29 is 19.0 Å². The number of ether oxygens (including phenoxy) is 2. The van der Waals surface area contributed by atoms with E-state index in [1.807, 2.05) is 13.8 Å². The van der Waals surface area contributed by atoms with Gasteiger partial charge in [0.25, 0.3) is 0 Å². The van der Waals surface area contributed by atoms with Crippen LogP contribution in [0.15, 0.2) is 22.6 Å². The number of hydrogen-bond acceptors (Lipinski definition) is 4. The highest BCUT2D eigenvalue weighted by Crippen LogP contribution is 2.41. The van der Waals surface area contributed by atoms with E-state index in [-0.39, 0.29) is 0 Å². The SMILES string of the molecule is COc1ccc(C(O)c2cc(C)oc2C)c(OC)c1Cl. The van der Waals surface area contributed by atoms with Gasteiger partial charge in [-0.25, -0.2) is 0 Å². The molecule has 0 amide bonds. The molecule has 0 spiro atoms. The molecule has 0 aliphatic rings. The molecule has 2 aromatic rings. The molecule has 20 heavy (non-hydrogen) atoms. The monoisotopic (exact) mass is 296 g/mol. The Morgan fingerprint density at radius 2 is 1.85 bits per heavy atom. The summed E-state index contributed by atoms with van der Waals surface area (Å²) in [6.07, 6.45) is -0.870. The first-order valence-corrected chi connectivity index (χ1v) is 6.52.